The van der Waals surface area contributed by atoms with Crippen LogP contribution in [0.3, 0.4) is 0 Å². The van der Waals surface area contributed by atoms with Crippen LogP contribution in [0.5, 0.6) is 0 Å². The molecule has 0 saturated heterocycles. The van der Waals surface area contributed by atoms with Crippen molar-refractivity contribution in [2.45, 2.75) is 0 Å². The number of nitrogens with two attached hydrogens (primary N) is 2. The first-order chi connectivity index (χ1) is 4.22. The van der Waals surface area contributed by atoms with E-state index in [0.29, 0.717) is 11.5 Å². The predicted octanol–water partition coefficient (Wildman–Crippen LogP) is -0.979. The molecule has 5 N–H and O–H groups in total. The molecule has 9 heavy (non-hydrogen) atoms. The maximum absolute atomic E-state index is 5.29. The van der Waals surface area contributed by atoms with Crippen LogP contribution in [0.4, 0.5) is 5.82 Å². The highest BCUT2D eigenvalue weighted by atomic mass is 32.1. The third-order valence-electron chi connectivity index (χ3n) is 0.809. The number of nitrogens with zero attached hydrogens (tertiary/aromatic N) is 2. The van der Waals surface area contributed by atoms with Crippen molar-refractivity contribution in [2.24, 2.45) is 5.73 Å². The van der Waals surface area contributed by atoms with E-state index in [1.54, 1.807) is 0 Å². The van der Waals surface area contributed by atoms with Gasteiger partial charge in [0, 0.05) is 0 Å². The lowest BCUT2D eigenvalue weighted by atomic mass is 10.4. The number of anilines is 1. The molecule has 1 aromatic heterocycles. The van der Waals surface area contributed by atoms with Crippen molar-refractivity contribution < 1.29 is 0 Å². The zero-order valence-electron chi connectivity index (χ0n) is 4.46. The fourth-order valence-corrected chi connectivity index (χ4v) is 0.568. The molecule has 0 aromatic carbocycles. The molecular formula is C3H5N5S. The molecule has 0 saturated carbocycles. The summed E-state index contributed by atoms with van der Waals surface area (Å²) in [4.78, 5) is 0.154. The van der Waals surface area contributed by atoms with E-state index in [4.69, 9.17) is 11.5 Å². The van der Waals surface area contributed by atoms with Gasteiger partial charge in [-0.3, -0.25) is 0 Å². The van der Waals surface area contributed by atoms with Gasteiger partial charge in [-0.1, -0.05) is 17.4 Å². The van der Waals surface area contributed by atoms with Crippen molar-refractivity contribution in [3.8, 4) is 0 Å². The van der Waals surface area contributed by atoms with Crippen LogP contribution < -0.4 is 11.5 Å². The molecule has 1 rings (SSSR count). The molecular weight excluding hydrogens is 138 g/mol. The predicted molar refractivity (Wildman–Crippen MR) is 36.7 cm³/mol. The summed E-state index contributed by atoms with van der Waals surface area (Å²) in [5, 5.41) is 9.29. The topological polar surface area (TPSA) is 93.6 Å². The summed E-state index contributed by atoms with van der Waals surface area (Å²) in [6.07, 6.45) is 0. The summed E-state index contributed by atoms with van der Waals surface area (Å²) >= 11 is 4.58. The Morgan fingerprint density at radius 3 is 2.56 bits per heavy atom. The Morgan fingerprint density at radius 1 is 1.67 bits per heavy atom. The second-order valence-corrected chi connectivity index (χ2v) is 1.88. The average molecular weight is 143 g/mol. The second-order valence-electron chi connectivity index (χ2n) is 1.44. The molecule has 0 radical (unpaired) electrons. The molecule has 48 valence electrons. The SMILES string of the molecule is NC(=S)c1nn[nH]c1N. The largest absolute Gasteiger partial charge is 0.388 e. The number of thiocarbonyl (C=S) groups is 1. The maximum Gasteiger partial charge on any atom is 0.163 e. The summed E-state index contributed by atoms with van der Waals surface area (Å²) in [6, 6.07) is 0. The smallest absolute Gasteiger partial charge is 0.163 e. The number of nitrogen functional groups attached to an aromatic ring is 1. The van der Waals surface area contributed by atoms with Gasteiger partial charge in [-0.2, -0.15) is 0 Å². The lowest BCUT2D eigenvalue weighted by molar-refractivity contribution is 0.940. The Labute approximate surface area is 56.4 Å². The van der Waals surface area contributed by atoms with Crippen molar-refractivity contribution in [3.63, 3.8) is 0 Å². The molecule has 6 heteroatoms. The number of rotatable bonds is 1. The highest BCUT2D eigenvalue weighted by molar-refractivity contribution is 7.80. The van der Waals surface area contributed by atoms with E-state index in [1.807, 2.05) is 0 Å². The van der Waals surface area contributed by atoms with Crippen LogP contribution in [0.1, 0.15) is 5.69 Å². The minimum absolute atomic E-state index is 0.154. The van der Waals surface area contributed by atoms with Gasteiger partial charge in [0.25, 0.3) is 0 Å². The molecule has 0 aliphatic carbocycles. The van der Waals surface area contributed by atoms with Gasteiger partial charge in [0.2, 0.25) is 0 Å². The van der Waals surface area contributed by atoms with Gasteiger partial charge in [0.15, 0.2) is 5.69 Å². The summed E-state index contributed by atoms with van der Waals surface area (Å²) in [7, 11) is 0. The van der Waals surface area contributed by atoms with Crippen molar-refractivity contribution in [3.05, 3.63) is 5.69 Å². The van der Waals surface area contributed by atoms with Crippen LogP contribution in [-0.4, -0.2) is 20.4 Å². The molecule has 0 aliphatic rings. The van der Waals surface area contributed by atoms with Gasteiger partial charge in [-0.25, -0.2) is 5.10 Å². The van der Waals surface area contributed by atoms with Crippen LogP contribution in [0.25, 0.3) is 0 Å². The fraction of sp³-hybridized carbons (Fsp3) is 0. The normalized spacial score (nSPS) is 9.33. The Kier molecular flexibility index (Phi) is 1.31. The van der Waals surface area contributed by atoms with E-state index < -0.39 is 0 Å². The van der Waals surface area contributed by atoms with Crippen molar-refractivity contribution in [1.29, 1.82) is 0 Å². The quantitative estimate of drug-likeness (QED) is 0.439. The standard InChI is InChI=1S/C3H5N5S/c4-2-1(3(5)9)6-8-7-2/h(H2,5,9)(H3,4,6,7,8). The number of aromatic amines is 1. The Bertz CT molecular complexity index is 228. The number of hydrogen-bond acceptors (Lipinski definition) is 4. The van der Waals surface area contributed by atoms with Crippen molar-refractivity contribution in [1.82, 2.24) is 15.4 Å². The molecule has 0 amide bonds. The first-order valence-electron chi connectivity index (χ1n) is 2.18. The van der Waals surface area contributed by atoms with Crippen molar-refractivity contribution in [2.75, 3.05) is 5.73 Å². The number of nitrogens with one attached hydrogen (secondary N) is 1. The number of aromatic nitrogens is 3. The molecule has 1 heterocycles. The lowest BCUT2D eigenvalue weighted by Gasteiger charge is -1.87. The maximum atomic E-state index is 5.29. The Hall–Kier alpha value is -1.17. The second kappa shape index (κ2) is 1.98. The lowest BCUT2D eigenvalue weighted by Crippen LogP contribution is -2.11. The summed E-state index contributed by atoms with van der Waals surface area (Å²) < 4.78 is 0. The molecule has 1 aromatic rings. The van der Waals surface area contributed by atoms with Crippen LogP contribution in [0.2, 0.25) is 0 Å². The molecule has 0 spiro atoms. The highest BCUT2D eigenvalue weighted by Crippen LogP contribution is 1.99. The van der Waals surface area contributed by atoms with Gasteiger partial charge in [-0.05, 0) is 0 Å². The number of hydrogen-bond donors (Lipinski definition) is 3. The first-order valence-corrected chi connectivity index (χ1v) is 2.59. The van der Waals surface area contributed by atoms with E-state index in [2.05, 4.69) is 27.6 Å². The zero-order chi connectivity index (χ0) is 6.85. The monoisotopic (exact) mass is 143 g/mol. The molecule has 5 nitrogen and oxygen atoms in total. The van der Waals surface area contributed by atoms with Gasteiger partial charge in [0.1, 0.15) is 10.8 Å². The van der Waals surface area contributed by atoms with Gasteiger partial charge < -0.3 is 11.5 Å². The summed E-state index contributed by atoms with van der Waals surface area (Å²) in [5.74, 6) is 0.308. The number of H-pyrrole nitrogens is 1. The van der Waals surface area contributed by atoms with Crippen LogP contribution in [0, 0.1) is 0 Å². The molecule has 0 aliphatic heterocycles. The van der Waals surface area contributed by atoms with Gasteiger partial charge in [-0.15, -0.1) is 5.10 Å². The molecule has 0 bridgehead atoms. The average Bonchev–Trinajstić information content (AvgIpc) is 2.13. The van der Waals surface area contributed by atoms with Crippen LogP contribution in [0.15, 0.2) is 0 Å². The van der Waals surface area contributed by atoms with Crippen LogP contribution in [-0.2, 0) is 0 Å². The van der Waals surface area contributed by atoms with E-state index in [0.717, 1.165) is 0 Å². The third kappa shape index (κ3) is 0.968. The minimum Gasteiger partial charge on any atom is -0.388 e. The summed E-state index contributed by atoms with van der Waals surface area (Å²) in [5.41, 5.74) is 10.8. The molecule has 0 unspecified atom stereocenters. The first kappa shape index (κ1) is 5.96. The van der Waals surface area contributed by atoms with E-state index >= 15 is 0 Å². The Morgan fingerprint density at radius 2 is 2.33 bits per heavy atom. The Balaban J connectivity index is 3.08. The van der Waals surface area contributed by atoms with E-state index in [1.165, 1.54) is 0 Å². The van der Waals surface area contributed by atoms with Crippen LogP contribution >= 0.6 is 12.2 Å². The highest BCUT2D eigenvalue weighted by Gasteiger charge is 2.03. The van der Waals surface area contributed by atoms with Gasteiger partial charge >= 0.3 is 0 Å². The molecule has 0 fully saturated rings. The van der Waals surface area contributed by atoms with Gasteiger partial charge in [0.05, 0.1) is 0 Å². The third-order valence-corrected chi connectivity index (χ3v) is 1.00. The van der Waals surface area contributed by atoms with E-state index in [9.17, 15) is 0 Å². The summed E-state index contributed by atoms with van der Waals surface area (Å²) in [6.45, 7) is 0. The fourth-order valence-electron chi connectivity index (χ4n) is 0.418. The van der Waals surface area contributed by atoms with E-state index in [-0.39, 0.29) is 4.99 Å². The zero-order valence-corrected chi connectivity index (χ0v) is 5.27. The molecule has 0 atom stereocenters. The minimum atomic E-state index is 0.154. The van der Waals surface area contributed by atoms with Crippen molar-refractivity contribution >= 4 is 23.0 Å².